The molecule has 1 saturated heterocycles. The van der Waals surface area contributed by atoms with Gasteiger partial charge in [-0.05, 0) is 50.1 Å². The molecule has 0 bridgehead atoms. The Morgan fingerprint density at radius 2 is 2.26 bits per heavy atom. The van der Waals surface area contributed by atoms with Crippen molar-refractivity contribution in [1.29, 1.82) is 5.41 Å². The zero-order valence-corrected chi connectivity index (χ0v) is 20.9. The molecule has 1 fully saturated rings. The van der Waals surface area contributed by atoms with Gasteiger partial charge in [-0.1, -0.05) is 0 Å². The molecule has 1 amide bonds. The summed E-state index contributed by atoms with van der Waals surface area (Å²) in [5, 5.41) is 12.2. The Kier molecular flexibility index (Phi) is 6.46. The first-order valence-corrected chi connectivity index (χ1v) is 13.4. The van der Waals surface area contributed by atoms with Crippen LogP contribution in [0.3, 0.4) is 0 Å². The lowest BCUT2D eigenvalue weighted by atomic mass is 9.86. The van der Waals surface area contributed by atoms with Gasteiger partial charge >= 0.3 is 0 Å². The topological polar surface area (TPSA) is 117 Å². The maximum atomic E-state index is 13.3. The summed E-state index contributed by atoms with van der Waals surface area (Å²) in [6.45, 7) is 3.96. The third-order valence-electron chi connectivity index (χ3n) is 6.66. The molecule has 178 valence electrons. The number of ether oxygens (including phenoxy) is 1. The van der Waals surface area contributed by atoms with Crippen LogP contribution in [0.15, 0.2) is 23.4 Å². The van der Waals surface area contributed by atoms with Crippen LogP contribution in [0.2, 0.25) is 0 Å². The van der Waals surface area contributed by atoms with Gasteiger partial charge in [-0.15, -0.1) is 23.1 Å². The van der Waals surface area contributed by atoms with Crippen molar-refractivity contribution in [2.24, 2.45) is 5.92 Å². The molecule has 2 unspecified atom stereocenters. The third-order valence-corrected chi connectivity index (χ3v) is 8.60. The number of rotatable bonds is 5. The molecule has 0 saturated carbocycles. The molecule has 1 aromatic carbocycles. The molecule has 10 heteroatoms. The number of nitrogens with two attached hydrogens (primary N) is 1. The second-order valence-electron chi connectivity index (χ2n) is 8.75. The van der Waals surface area contributed by atoms with Crippen LogP contribution in [-0.2, 0) is 22.4 Å². The molecule has 2 atom stereocenters. The normalized spacial score (nSPS) is 20.2. The lowest BCUT2D eigenvalue weighted by molar-refractivity contribution is -0.143. The summed E-state index contributed by atoms with van der Waals surface area (Å²) in [5.74, 6) is 1.000. The first-order valence-electron chi connectivity index (χ1n) is 11.4. The second-order valence-corrected chi connectivity index (χ2v) is 10.7. The number of fused-ring (bicyclic) bond motifs is 3. The highest BCUT2D eigenvalue weighted by atomic mass is 32.2. The van der Waals surface area contributed by atoms with E-state index in [0.29, 0.717) is 31.0 Å². The van der Waals surface area contributed by atoms with Crippen molar-refractivity contribution in [3.63, 3.8) is 0 Å². The largest absolute Gasteiger partial charge is 0.398 e. The molecule has 1 aliphatic heterocycles. The maximum absolute atomic E-state index is 13.3. The number of amides is 1. The van der Waals surface area contributed by atoms with E-state index in [4.69, 9.17) is 15.9 Å². The van der Waals surface area contributed by atoms with Gasteiger partial charge < -0.3 is 26.1 Å². The van der Waals surface area contributed by atoms with Gasteiger partial charge in [-0.25, -0.2) is 9.97 Å². The molecule has 5 rings (SSSR count). The number of carbonyl (C=O) groups is 1. The van der Waals surface area contributed by atoms with Crippen molar-refractivity contribution in [2.75, 3.05) is 37.1 Å². The van der Waals surface area contributed by atoms with Gasteiger partial charge in [-0.2, -0.15) is 0 Å². The molecule has 3 heterocycles. The predicted octanol–water partition coefficient (Wildman–Crippen LogP) is 4.09. The third kappa shape index (κ3) is 4.14. The number of aromatic nitrogens is 2. The van der Waals surface area contributed by atoms with Gasteiger partial charge in [-0.3, -0.25) is 4.79 Å². The number of aryl methyl sites for hydroxylation is 1. The Hall–Kier alpha value is -2.69. The molecular weight excluding hydrogens is 468 g/mol. The number of thioether (sulfide) groups is 1. The number of hydrogen-bond donors (Lipinski definition) is 3. The summed E-state index contributed by atoms with van der Waals surface area (Å²) in [7, 11) is 0. The summed E-state index contributed by atoms with van der Waals surface area (Å²) < 4.78 is 5.51. The molecule has 3 aromatic rings. The number of nitrogens with one attached hydrogen (secondary N) is 2. The van der Waals surface area contributed by atoms with Crippen LogP contribution in [0, 0.1) is 11.3 Å². The Labute approximate surface area is 206 Å². The number of anilines is 3. The van der Waals surface area contributed by atoms with Gasteiger partial charge in [0, 0.05) is 39.7 Å². The van der Waals surface area contributed by atoms with E-state index in [1.54, 1.807) is 29.4 Å². The van der Waals surface area contributed by atoms with Crippen LogP contribution in [0.5, 0.6) is 0 Å². The van der Waals surface area contributed by atoms with Crippen LogP contribution < -0.4 is 11.1 Å². The quantitative estimate of drug-likeness (QED) is 0.277. The summed E-state index contributed by atoms with van der Waals surface area (Å²) in [4.78, 5) is 27.5. The van der Waals surface area contributed by atoms with E-state index in [0.717, 1.165) is 45.9 Å². The fourth-order valence-corrected chi connectivity index (χ4v) is 6.68. The van der Waals surface area contributed by atoms with Crippen molar-refractivity contribution in [3.8, 4) is 0 Å². The first-order chi connectivity index (χ1) is 16.5. The van der Waals surface area contributed by atoms with Crippen molar-refractivity contribution in [3.05, 3.63) is 34.5 Å². The number of hydrogen-bond acceptors (Lipinski definition) is 9. The van der Waals surface area contributed by atoms with Crippen LogP contribution in [0.1, 0.15) is 29.3 Å². The molecule has 8 nitrogen and oxygen atoms in total. The predicted molar refractivity (Wildman–Crippen MR) is 139 cm³/mol. The standard InChI is InChI=1S/C24H28N6O2S2/c1-13-11-32-6-5-30(13)24(31)14-3-4-16-19(8-14)34-23-21(16)22(27-12-28-23)29-18-7-15(10-25)17(26)9-20(18)33-2/h7,9-10,12-14,25H,3-6,8,11,26H2,1-2H3,(H,27,28,29). The highest BCUT2D eigenvalue weighted by molar-refractivity contribution is 7.98. The van der Waals surface area contributed by atoms with Gasteiger partial charge in [0.15, 0.2) is 0 Å². The average molecular weight is 497 g/mol. The lowest BCUT2D eigenvalue weighted by Gasteiger charge is -2.36. The SMILES string of the molecule is CSc1cc(N)c(C=N)cc1Nc1ncnc2sc3c(c12)CCC(C(=O)N1CCOCC1C)C3. The molecule has 0 radical (unpaired) electrons. The minimum atomic E-state index is 0.000762. The second kappa shape index (κ2) is 9.52. The fraction of sp³-hybridized carbons (Fsp3) is 0.417. The Morgan fingerprint density at radius 3 is 3.03 bits per heavy atom. The molecule has 2 aliphatic rings. The van der Waals surface area contributed by atoms with Crippen LogP contribution >= 0.6 is 23.1 Å². The summed E-state index contributed by atoms with van der Waals surface area (Å²) in [6.07, 6.45) is 7.24. The molecule has 34 heavy (non-hydrogen) atoms. The summed E-state index contributed by atoms with van der Waals surface area (Å²) in [5.41, 5.74) is 9.44. The first kappa shape index (κ1) is 23.1. The summed E-state index contributed by atoms with van der Waals surface area (Å²) in [6, 6.07) is 3.90. The zero-order chi connectivity index (χ0) is 23.8. The average Bonchev–Trinajstić information content (AvgIpc) is 3.23. The van der Waals surface area contributed by atoms with E-state index in [9.17, 15) is 4.79 Å². The smallest absolute Gasteiger partial charge is 0.226 e. The minimum Gasteiger partial charge on any atom is -0.398 e. The Morgan fingerprint density at radius 1 is 1.41 bits per heavy atom. The van der Waals surface area contributed by atoms with E-state index >= 15 is 0 Å². The van der Waals surface area contributed by atoms with Crippen LogP contribution in [-0.4, -0.2) is 59.0 Å². The van der Waals surface area contributed by atoms with Crippen LogP contribution in [0.25, 0.3) is 10.2 Å². The number of nitrogen functional groups attached to an aromatic ring is 1. The van der Waals surface area contributed by atoms with Crippen molar-refractivity contribution < 1.29 is 9.53 Å². The Balaban J connectivity index is 1.46. The van der Waals surface area contributed by atoms with Gasteiger partial charge in [0.1, 0.15) is 17.0 Å². The minimum absolute atomic E-state index is 0.000762. The van der Waals surface area contributed by atoms with Gasteiger partial charge in [0.25, 0.3) is 0 Å². The molecule has 4 N–H and O–H groups in total. The van der Waals surface area contributed by atoms with E-state index in [1.165, 1.54) is 16.7 Å². The highest BCUT2D eigenvalue weighted by Crippen LogP contribution is 2.42. The number of benzene rings is 1. The van der Waals surface area contributed by atoms with Gasteiger partial charge in [0.05, 0.1) is 30.3 Å². The van der Waals surface area contributed by atoms with E-state index in [-0.39, 0.29) is 17.9 Å². The molecule has 0 spiro atoms. The number of carbonyl (C=O) groups excluding carboxylic acids is 1. The Bertz CT molecular complexity index is 1260. The maximum Gasteiger partial charge on any atom is 0.226 e. The molecular formula is C24H28N6O2S2. The van der Waals surface area contributed by atoms with Crippen molar-refractivity contribution >= 4 is 62.6 Å². The number of thiophene rings is 1. The molecule has 2 aromatic heterocycles. The van der Waals surface area contributed by atoms with Crippen LogP contribution in [0.4, 0.5) is 17.2 Å². The van der Waals surface area contributed by atoms with E-state index < -0.39 is 0 Å². The number of morpholine rings is 1. The number of nitrogens with zero attached hydrogens (tertiary/aromatic N) is 3. The van der Waals surface area contributed by atoms with Gasteiger partial charge in [0.2, 0.25) is 5.91 Å². The van der Waals surface area contributed by atoms with Crippen molar-refractivity contribution in [2.45, 2.75) is 37.1 Å². The fourth-order valence-electron chi connectivity index (χ4n) is 4.84. The van der Waals surface area contributed by atoms with E-state index in [1.807, 2.05) is 23.3 Å². The van der Waals surface area contributed by atoms with E-state index in [2.05, 4.69) is 22.2 Å². The lowest BCUT2D eigenvalue weighted by Crippen LogP contribution is -2.50. The van der Waals surface area contributed by atoms with Crippen molar-refractivity contribution in [1.82, 2.24) is 14.9 Å². The highest BCUT2D eigenvalue weighted by Gasteiger charge is 2.34. The monoisotopic (exact) mass is 496 g/mol. The summed E-state index contributed by atoms with van der Waals surface area (Å²) >= 11 is 3.26. The zero-order valence-electron chi connectivity index (χ0n) is 19.3. The molecule has 1 aliphatic carbocycles.